The molecule has 0 N–H and O–H groups in total. The van der Waals surface area contributed by atoms with Gasteiger partial charge in [-0.25, -0.2) is 0 Å². The summed E-state index contributed by atoms with van der Waals surface area (Å²) in [5.41, 5.74) is 0. The second-order valence-electron chi connectivity index (χ2n) is 3.59. The van der Waals surface area contributed by atoms with E-state index in [1.54, 1.807) is 0 Å². The zero-order valence-electron chi connectivity index (χ0n) is 8.55. The van der Waals surface area contributed by atoms with Gasteiger partial charge in [-0.1, -0.05) is 6.92 Å². The fourth-order valence-electron chi connectivity index (χ4n) is 2.12. The Balaban J connectivity index is 2.41. The molecule has 72 valence electrons. The Morgan fingerprint density at radius 2 is 2.25 bits per heavy atom. The molecule has 1 unspecified atom stereocenters. The third-order valence-corrected chi connectivity index (χ3v) is 2.79. The van der Waals surface area contributed by atoms with Crippen LogP contribution < -0.4 is 0 Å². The van der Waals surface area contributed by atoms with E-state index < -0.39 is 0 Å². The Labute approximate surface area is 75.9 Å². The van der Waals surface area contributed by atoms with E-state index in [4.69, 9.17) is 4.74 Å². The topological polar surface area (TPSA) is 12.5 Å². The Morgan fingerprint density at radius 3 is 2.67 bits per heavy atom. The molecule has 2 heteroatoms. The highest BCUT2D eigenvalue weighted by molar-refractivity contribution is 4.83. The predicted octanol–water partition coefficient (Wildman–Crippen LogP) is 1.90. The SMILES string of the molecule is CCOC(CC)[C@H]1CCCN1C. The van der Waals surface area contributed by atoms with Crippen LogP contribution in [0.1, 0.15) is 33.1 Å². The van der Waals surface area contributed by atoms with Crippen LogP contribution in [-0.2, 0) is 4.74 Å². The first kappa shape index (κ1) is 10.0. The quantitative estimate of drug-likeness (QED) is 0.640. The van der Waals surface area contributed by atoms with E-state index >= 15 is 0 Å². The normalized spacial score (nSPS) is 27.8. The van der Waals surface area contributed by atoms with Crippen LogP contribution in [0.25, 0.3) is 0 Å². The molecule has 1 rings (SSSR count). The molecule has 0 radical (unpaired) electrons. The van der Waals surface area contributed by atoms with Crippen LogP contribution in [0.5, 0.6) is 0 Å². The lowest BCUT2D eigenvalue weighted by Crippen LogP contribution is -2.37. The molecule has 0 bridgehead atoms. The summed E-state index contributed by atoms with van der Waals surface area (Å²) in [6.07, 6.45) is 4.25. The van der Waals surface area contributed by atoms with Gasteiger partial charge in [0.25, 0.3) is 0 Å². The largest absolute Gasteiger partial charge is 0.377 e. The maximum Gasteiger partial charge on any atom is 0.0727 e. The first-order valence-electron chi connectivity index (χ1n) is 5.11. The summed E-state index contributed by atoms with van der Waals surface area (Å²) in [4.78, 5) is 2.43. The molecule has 1 saturated heterocycles. The Hall–Kier alpha value is -0.0800. The standard InChI is InChI=1S/C10H21NO/c1-4-10(12-5-2)9-7-6-8-11(9)3/h9-10H,4-8H2,1-3H3/t9-,10?/m1/s1. The van der Waals surface area contributed by atoms with Gasteiger partial charge in [0.2, 0.25) is 0 Å². The van der Waals surface area contributed by atoms with Gasteiger partial charge in [0.15, 0.2) is 0 Å². The van der Waals surface area contributed by atoms with Gasteiger partial charge in [0.1, 0.15) is 0 Å². The molecule has 2 atom stereocenters. The van der Waals surface area contributed by atoms with Crippen molar-refractivity contribution in [2.75, 3.05) is 20.2 Å². The molecule has 0 aromatic carbocycles. The number of nitrogens with zero attached hydrogens (tertiary/aromatic N) is 1. The van der Waals surface area contributed by atoms with Gasteiger partial charge in [-0.3, -0.25) is 0 Å². The van der Waals surface area contributed by atoms with Gasteiger partial charge in [0.05, 0.1) is 6.10 Å². The van der Waals surface area contributed by atoms with Crippen molar-refractivity contribution in [3.8, 4) is 0 Å². The summed E-state index contributed by atoms with van der Waals surface area (Å²) in [5.74, 6) is 0. The molecule has 0 spiro atoms. The molecule has 2 nitrogen and oxygen atoms in total. The molecule has 1 aliphatic heterocycles. The van der Waals surface area contributed by atoms with E-state index in [0.717, 1.165) is 13.0 Å². The monoisotopic (exact) mass is 171 g/mol. The summed E-state index contributed by atoms with van der Waals surface area (Å²) in [5, 5.41) is 0. The van der Waals surface area contributed by atoms with E-state index in [1.807, 2.05) is 0 Å². The molecule has 1 aliphatic rings. The van der Waals surface area contributed by atoms with E-state index in [9.17, 15) is 0 Å². The summed E-state index contributed by atoms with van der Waals surface area (Å²) in [6, 6.07) is 0.676. The van der Waals surface area contributed by atoms with E-state index in [0.29, 0.717) is 12.1 Å². The molecule has 0 saturated carbocycles. The molecule has 1 heterocycles. The lowest BCUT2D eigenvalue weighted by atomic mass is 10.1. The molecule has 0 aromatic rings. The molecule has 1 fully saturated rings. The van der Waals surface area contributed by atoms with Gasteiger partial charge in [0, 0.05) is 12.6 Å². The number of ether oxygens (including phenoxy) is 1. The fourth-order valence-corrected chi connectivity index (χ4v) is 2.12. The van der Waals surface area contributed by atoms with E-state index in [-0.39, 0.29) is 0 Å². The highest BCUT2D eigenvalue weighted by Gasteiger charge is 2.28. The second kappa shape index (κ2) is 4.83. The number of hydrogen-bond donors (Lipinski definition) is 0. The van der Waals surface area contributed by atoms with Gasteiger partial charge in [-0.2, -0.15) is 0 Å². The van der Waals surface area contributed by atoms with Crippen LogP contribution in [0.15, 0.2) is 0 Å². The van der Waals surface area contributed by atoms with Gasteiger partial charge in [-0.15, -0.1) is 0 Å². The predicted molar refractivity (Wildman–Crippen MR) is 51.4 cm³/mol. The van der Waals surface area contributed by atoms with Crippen LogP contribution in [-0.4, -0.2) is 37.2 Å². The zero-order chi connectivity index (χ0) is 8.97. The van der Waals surface area contributed by atoms with E-state index in [1.165, 1.54) is 19.4 Å². The highest BCUT2D eigenvalue weighted by Crippen LogP contribution is 2.21. The minimum atomic E-state index is 0.461. The van der Waals surface area contributed by atoms with Crippen molar-refractivity contribution < 1.29 is 4.74 Å². The lowest BCUT2D eigenvalue weighted by Gasteiger charge is -2.27. The Bertz CT molecular complexity index is 127. The molecule has 12 heavy (non-hydrogen) atoms. The smallest absolute Gasteiger partial charge is 0.0727 e. The van der Waals surface area contributed by atoms with Crippen molar-refractivity contribution in [1.29, 1.82) is 0 Å². The molecular formula is C10H21NO. The fraction of sp³-hybridized carbons (Fsp3) is 1.00. The van der Waals surface area contributed by atoms with Gasteiger partial charge >= 0.3 is 0 Å². The van der Waals surface area contributed by atoms with E-state index in [2.05, 4.69) is 25.8 Å². The first-order chi connectivity index (χ1) is 5.79. The first-order valence-corrected chi connectivity index (χ1v) is 5.11. The second-order valence-corrected chi connectivity index (χ2v) is 3.59. The number of hydrogen-bond acceptors (Lipinski definition) is 2. The van der Waals surface area contributed by atoms with Crippen molar-refractivity contribution in [2.45, 2.75) is 45.3 Å². The number of likely N-dealkylation sites (N-methyl/N-ethyl adjacent to an activating group) is 1. The van der Waals surface area contributed by atoms with Crippen LogP contribution in [0, 0.1) is 0 Å². The van der Waals surface area contributed by atoms with Crippen molar-refractivity contribution in [2.24, 2.45) is 0 Å². The highest BCUT2D eigenvalue weighted by atomic mass is 16.5. The van der Waals surface area contributed by atoms with Crippen LogP contribution >= 0.6 is 0 Å². The zero-order valence-corrected chi connectivity index (χ0v) is 8.55. The van der Waals surface area contributed by atoms with Crippen molar-refractivity contribution in [1.82, 2.24) is 4.90 Å². The number of rotatable bonds is 4. The summed E-state index contributed by atoms with van der Waals surface area (Å²) < 4.78 is 5.70. The summed E-state index contributed by atoms with van der Waals surface area (Å²) in [7, 11) is 2.21. The Kier molecular flexibility index (Phi) is 4.02. The minimum absolute atomic E-state index is 0.461. The third-order valence-electron chi connectivity index (χ3n) is 2.79. The summed E-state index contributed by atoms with van der Waals surface area (Å²) in [6.45, 7) is 6.39. The van der Waals surface area contributed by atoms with Crippen LogP contribution in [0.2, 0.25) is 0 Å². The third kappa shape index (κ3) is 2.20. The average molecular weight is 171 g/mol. The average Bonchev–Trinajstić information content (AvgIpc) is 2.47. The van der Waals surface area contributed by atoms with Crippen molar-refractivity contribution in [3.63, 3.8) is 0 Å². The minimum Gasteiger partial charge on any atom is -0.377 e. The molecule has 0 amide bonds. The van der Waals surface area contributed by atoms with Crippen LogP contribution in [0.4, 0.5) is 0 Å². The maximum atomic E-state index is 5.70. The number of likely N-dealkylation sites (tertiary alicyclic amines) is 1. The maximum absolute atomic E-state index is 5.70. The molecule has 0 aliphatic carbocycles. The van der Waals surface area contributed by atoms with Gasteiger partial charge < -0.3 is 9.64 Å². The van der Waals surface area contributed by atoms with Crippen LogP contribution in [0.3, 0.4) is 0 Å². The molecular weight excluding hydrogens is 150 g/mol. The van der Waals surface area contributed by atoms with Crippen molar-refractivity contribution >= 4 is 0 Å². The van der Waals surface area contributed by atoms with Crippen molar-refractivity contribution in [3.05, 3.63) is 0 Å². The Morgan fingerprint density at radius 1 is 1.50 bits per heavy atom. The summed E-state index contributed by atoms with van der Waals surface area (Å²) >= 11 is 0. The van der Waals surface area contributed by atoms with Gasteiger partial charge in [-0.05, 0) is 39.8 Å². The lowest BCUT2D eigenvalue weighted by molar-refractivity contribution is 0.00895. The molecule has 0 aromatic heterocycles.